The standard InChI is InChI=1S/C37H50FN7O4.CH3.Cs/c1-6-42(5)14-16-47-17-15-43-13-11-31-30(22-43)33(10-12-40-31)48-28-19-37(20-28)23-44(24-37)35-34(21-39-25-41-35)49-32-9-8-27(38)18-29(32)36(46)45(7-2)26(3)4;;/h8-10,12,18,21,25-26,28H,6-7,11,13-17,19-20,22-24H2,1-5H3;1H3;/q;-1;+1. The first kappa shape index (κ1) is 41.9. The van der Waals surface area contributed by atoms with Gasteiger partial charge in [-0.2, -0.15) is 0 Å². The number of likely N-dealkylation sites (N-methyl/N-ethyl adjacent to an activating group) is 1. The van der Waals surface area contributed by atoms with Gasteiger partial charge in [0.1, 0.15) is 29.7 Å². The molecule has 2 fully saturated rings. The van der Waals surface area contributed by atoms with E-state index in [2.05, 4.69) is 43.6 Å². The number of carbonyl (C=O) groups excluding carboxylic acids is 1. The van der Waals surface area contributed by atoms with Crippen LogP contribution in [0.5, 0.6) is 17.2 Å². The van der Waals surface area contributed by atoms with Crippen LogP contribution in [0.3, 0.4) is 0 Å². The maximum atomic E-state index is 14.3. The number of halogens is 1. The van der Waals surface area contributed by atoms with E-state index < -0.39 is 5.82 Å². The molecule has 1 aliphatic carbocycles. The number of fused-ring (bicyclic) bond motifs is 1. The van der Waals surface area contributed by atoms with Crippen LogP contribution in [-0.2, 0) is 17.7 Å². The maximum absolute atomic E-state index is 14.3. The quantitative estimate of drug-likeness (QED) is 0.168. The van der Waals surface area contributed by atoms with E-state index in [1.54, 1.807) is 11.1 Å². The van der Waals surface area contributed by atoms with E-state index in [1.165, 1.54) is 30.1 Å². The van der Waals surface area contributed by atoms with Gasteiger partial charge in [0.25, 0.3) is 5.91 Å². The fourth-order valence-corrected chi connectivity index (χ4v) is 7.18. The van der Waals surface area contributed by atoms with Gasteiger partial charge in [0.2, 0.25) is 0 Å². The molecule has 51 heavy (non-hydrogen) atoms. The number of ether oxygens (including phenoxy) is 3. The molecule has 2 aromatic heterocycles. The second-order valence-electron chi connectivity index (χ2n) is 13.9. The van der Waals surface area contributed by atoms with E-state index in [0.29, 0.717) is 18.1 Å². The topological polar surface area (TPSA) is 96.4 Å². The maximum Gasteiger partial charge on any atom is 1.00 e. The van der Waals surface area contributed by atoms with Gasteiger partial charge < -0.3 is 36.3 Å². The number of pyridine rings is 1. The minimum absolute atomic E-state index is 0. The van der Waals surface area contributed by atoms with E-state index in [0.717, 1.165) is 89.7 Å². The van der Waals surface area contributed by atoms with Crippen LogP contribution in [0.2, 0.25) is 0 Å². The third-order valence-corrected chi connectivity index (χ3v) is 10.1. The Morgan fingerprint density at radius 3 is 2.59 bits per heavy atom. The number of rotatable bonds is 15. The summed E-state index contributed by atoms with van der Waals surface area (Å²) in [7, 11) is 2.11. The van der Waals surface area contributed by atoms with Crippen LogP contribution >= 0.6 is 0 Å². The molecule has 0 atom stereocenters. The number of benzene rings is 1. The van der Waals surface area contributed by atoms with Gasteiger partial charge in [-0.15, -0.1) is 0 Å². The van der Waals surface area contributed by atoms with Crippen molar-refractivity contribution in [3.8, 4) is 17.2 Å². The molecule has 0 bridgehead atoms. The number of amides is 1. The van der Waals surface area contributed by atoms with Crippen LogP contribution in [0.1, 0.15) is 62.2 Å². The molecule has 3 aliphatic rings. The fraction of sp³-hybridized carbons (Fsp3) is 0.553. The molecule has 1 spiro atoms. The minimum atomic E-state index is -0.493. The van der Waals surface area contributed by atoms with Gasteiger partial charge in [-0.25, -0.2) is 14.4 Å². The predicted molar refractivity (Wildman–Crippen MR) is 192 cm³/mol. The zero-order valence-electron chi connectivity index (χ0n) is 31.5. The monoisotopic (exact) mass is 823 g/mol. The summed E-state index contributed by atoms with van der Waals surface area (Å²) in [5.74, 6) is 1.55. The van der Waals surface area contributed by atoms with Gasteiger partial charge in [-0.3, -0.25) is 14.7 Å². The zero-order chi connectivity index (χ0) is 34.5. The molecule has 6 rings (SSSR count). The van der Waals surface area contributed by atoms with Crippen molar-refractivity contribution in [1.82, 2.24) is 29.7 Å². The van der Waals surface area contributed by atoms with E-state index in [9.17, 15) is 9.18 Å². The van der Waals surface area contributed by atoms with Crippen molar-refractivity contribution >= 4 is 11.7 Å². The van der Waals surface area contributed by atoms with Gasteiger partial charge >= 0.3 is 68.9 Å². The van der Waals surface area contributed by atoms with Gasteiger partial charge in [-0.1, -0.05) is 6.92 Å². The summed E-state index contributed by atoms with van der Waals surface area (Å²) in [5.41, 5.74) is 2.67. The van der Waals surface area contributed by atoms with Gasteiger partial charge in [0.05, 0.1) is 25.0 Å². The van der Waals surface area contributed by atoms with E-state index in [1.807, 2.05) is 33.0 Å². The Bertz CT molecular complexity index is 1600. The molecule has 1 saturated heterocycles. The number of hydrogen-bond acceptors (Lipinski definition) is 10. The van der Waals surface area contributed by atoms with Gasteiger partial charge in [-0.05, 0) is 71.5 Å². The zero-order valence-corrected chi connectivity index (χ0v) is 37.8. The molecular formula is C38H53CsFN7O4. The van der Waals surface area contributed by atoms with Crippen molar-refractivity contribution in [3.63, 3.8) is 0 Å². The Labute approximate surface area is 362 Å². The molecule has 1 saturated carbocycles. The molecule has 4 heterocycles. The minimum Gasteiger partial charge on any atom is -0.490 e. The number of carbonyl (C=O) groups is 1. The van der Waals surface area contributed by atoms with Crippen molar-refractivity contribution in [3.05, 3.63) is 73.1 Å². The van der Waals surface area contributed by atoms with Crippen LogP contribution < -0.4 is 83.3 Å². The van der Waals surface area contributed by atoms with Crippen LogP contribution in [-0.4, -0.2) is 114 Å². The van der Waals surface area contributed by atoms with Crippen LogP contribution in [0, 0.1) is 18.7 Å². The normalized spacial score (nSPS) is 16.5. The molecular weight excluding hydrogens is 770 g/mol. The summed E-state index contributed by atoms with van der Waals surface area (Å²) in [4.78, 5) is 35.3. The molecule has 1 amide bonds. The average molecular weight is 824 g/mol. The molecule has 11 nitrogen and oxygen atoms in total. The molecule has 0 N–H and O–H groups in total. The van der Waals surface area contributed by atoms with Gasteiger partial charge in [0, 0.05) is 81.1 Å². The molecule has 272 valence electrons. The fourth-order valence-electron chi connectivity index (χ4n) is 7.18. The number of anilines is 1. The first-order valence-corrected chi connectivity index (χ1v) is 17.6. The molecule has 13 heteroatoms. The van der Waals surface area contributed by atoms with Crippen molar-refractivity contribution in [2.75, 3.05) is 71.0 Å². The third-order valence-electron chi connectivity index (χ3n) is 10.1. The summed E-state index contributed by atoms with van der Waals surface area (Å²) in [6.45, 7) is 16.2. The largest absolute Gasteiger partial charge is 1.00 e. The average Bonchev–Trinajstić information content (AvgIpc) is 3.06. The first-order chi connectivity index (χ1) is 23.7. The summed E-state index contributed by atoms with van der Waals surface area (Å²) < 4.78 is 33.1. The van der Waals surface area contributed by atoms with Crippen LogP contribution in [0.25, 0.3) is 0 Å². The van der Waals surface area contributed by atoms with Crippen LogP contribution in [0.4, 0.5) is 10.2 Å². The second-order valence-corrected chi connectivity index (χ2v) is 13.9. The van der Waals surface area contributed by atoms with Crippen molar-refractivity contribution in [1.29, 1.82) is 0 Å². The Kier molecular flexibility index (Phi) is 15.6. The smallest absolute Gasteiger partial charge is 0.490 e. The Morgan fingerprint density at radius 2 is 1.86 bits per heavy atom. The van der Waals surface area contributed by atoms with Crippen molar-refractivity contribution in [2.24, 2.45) is 5.41 Å². The van der Waals surface area contributed by atoms with Crippen molar-refractivity contribution in [2.45, 2.75) is 65.6 Å². The first-order valence-electron chi connectivity index (χ1n) is 17.6. The number of aromatic nitrogens is 3. The summed E-state index contributed by atoms with van der Waals surface area (Å²) in [6.07, 6.45) is 7.97. The third kappa shape index (κ3) is 10.0. The van der Waals surface area contributed by atoms with Crippen LogP contribution in [0.15, 0.2) is 43.0 Å². The summed E-state index contributed by atoms with van der Waals surface area (Å²) >= 11 is 0. The predicted octanol–water partition coefficient (Wildman–Crippen LogP) is 2.50. The number of hydrogen-bond donors (Lipinski definition) is 0. The summed E-state index contributed by atoms with van der Waals surface area (Å²) in [5, 5.41) is 0. The molecule has 2 aliphatic heterocycles. The molecule has 0 radical (unpaired) electrons. The second kappa shape index (κ2) is 19.0. The van der Waals surface area contributed by atoms with Crippen molar-refractivity contribution < 1.29 is 92.3 Å². The SMILES string of the molecule is CCN(C)CCOCCN1CCc2nccc(OC3CC4(C3)CN(c3ncncc3Oc3ccc(F)cc3C(=O)N(CC)C(C)C)C4)c2C1.[CH3-].[Cs+]. The van der Waals surface area contributed by atoms with E-state index >= 15 is 0 Å². The van der Waals surface area contributed by atoms with E-state index in [-0.39, 0.29) is 111 Å². The molecule has 1 aromatic carbocycles. The summed E-state index contributed by atoms with van der Waals surface area (Å²) in [6, 6.07) is 6.01. The Morgan fingerprint density at radius 1 is 1.08 bits per heavy atom. The Balaban J connectivity index is 0.00000292. The van der Waals surface area contributed by atoms with E-state index in [4.69, 9.17) is 14.2 Å². The number of nitrogens with zero attached hydrogens (tertiary/aromatic N) is 7. The Hall–Kier alpha value is -1.82. The molecule has 0 unspecified atom stereocenters. The molecule has 3 aromatic rings. The van der Waals surface area contributed by atoms with Gasteiger partial charge in [0.15, 0.2) is 11.6 Å².